The van der Waals surface area contributed by atoms with E-state index in [1.807, 2.05) is 18.2 Å². The van der Waals surface area contributed by atoms with Crippen molar-refractivity contribution in [3.8, 4) is 11.5 Å². The van der Waals surface area contributed by atoms with Crippen LogP contribution in [0.25, 0.3) is 11.5 Å². The van der Waals surface area contributed by atoms with Gasteiger partial charge in [0, 0.05) is 18.6 Å². The molecule has 0 bridgehead atoms. The summed E-state index contributed by atoms with van der Waals surface area (Å²) in [7, 11) is 0. The van der Waals surface area contributed by atoms with Gasteiger partial charge in [-0.3, -0.25) is 14.8 Å². The van der Waals surface area contributed by atoms with Gasteiger partial charge in [-0.05, 0) is 24.3 Å². The van der Waals surface area contributed by atoms with Crippen LogP contribution >= 0.6 is 0 Å². The minimum Gasteiger partial charge on any atom is -0.412 e. The first-order valence-corrected chi connectivity index (χ1v) is 6.25. The monoisotopic (exact) mass is 281 g/mol. The Bertz CT molecular complexity index is 727. The maximum Gasteiger partial charge on any atom is 0.309 e. The van der Waals surface area contributed by atoms with Gasteiger partial charge in [0.05, 0.1) is 17.8 Å². The van der Waals surface area contributed by atoms with Crippen LogP contribution in [0.15, 0.2) is 53.3 Å². The summed E-state index contributed by atoms with van der Waals surface area (Å²) in [5, 5.41) is 10.2. The zero-order valence-electron chi connectivity index (χ0n) is 10.9. The molecule has 1 amide bonds. The van der Waals surface area contributed by atoms with Gasteiger partial charge in [0.15, 0.2) is 0 Å². The minimum atomic E-state index is -0.441. The van der Waals surface area contributed by atoms with E-state index in [1.165, 1.54) is 0 Å². The number of hydrogen-bond acceptors (Lipinski definition) is 6. The average molecular weight is 281 g/mol. The fraction of sp³-hybridized carbons (Fsp3) is 0.0714. The molecule has 7 nitrogen and oxygen atoms in total. The first-order valence-electron chi connectivity index (χ1n) is 6.25. The molecule has 0 spiro atoms. The Hall–Kier alpha value is -3.09. The second kappa shape index (κ2) is 5.91. The van der Waals surface area contributed by atoms with Crippen LogP contribution in [0.1, 0.15) is 16.4 Å². The molecule has 3 aromatic rings. The molecule has 3 heterocycles. The first kappa shape index (κ1) is 12.9. The van der Waals surface area contributed by atoms with Crippen LogP contribution < -0.4 is 5.32 Å². The van der Waals surface area contributed by atoms with E-state index in [-0.39, 0.29) is 11.8 Å². The SMILES string of the molecule is O=C(NCc1ccccn1)c1nnc(-c2cccnc2)o1. The van der Waals surface area contributed by atoms with E-state index in [9.17, 15) is 4.79 Å². The molecular formula is C14H11N5O2. The van der Waals surface area contributed by atoms with Crippen LogP contribution in [0.2, 0.25) is 0 Å². The van der Waals surface area contributed by atoms with E-state index >= 15 is 0 Å². The van der Waals surface area contributed by atoms with Gasteiger partial charge >= 0.3 is 11.8 Å². The van der Waals surface area contributed by atoms with Crippen molar-refractivity contribution in [2.75, 3.05) is 0 Å². The quantitative estimate of drug-likeness (QED) is 0.778. The van der Waals surface area contributed by atoms with Crippen LogP contribution in [0.3, 0.4) is 0 Å². The molecule has 0 unspecified atom stereocenters. The van der Waals surface area contributed by atoms with Crippen molar-refractivity contribution in [3.05, 3.63) is 60.5 Å². The number of hydrogen-bond donors (Lipinski definition) is 1. The Balaban J connectivity index is 1.67. The van der Waals surface area contributed by atoms with E-state index in [0.29, 0.717) is 12.1 Å². The number of amides is 1. The van der Waals surface area contributed by atoms with Gasteiger partial charge < -0.3 is 9.73 Å². The third-order valence-corrected chi connectivity index (χ3v) is 2.68. The standard InChI is InChI=1S/C14H11N5O2/c20-12(17-9-11-5-1-2-7-16-11)14-19-18-13(21-14)10-4-3-6-15-8-10/h1-8H,9H2,(H,17,20). The Kier molecular flexibility index (Phi) is 3.64. The Morgan fingerprint density at radius 2 is 2.10 bits per heavy atom. The van der Waals surface area contributed by atoms with Crippen molar-refractivity contribution in [2.24, 2.45) is 0 Å². The predicted molar refractivity (Wildman–Crippen MR) is 72.9 cm³/mol. The maximum atomic E-state index is 11.9. The summed E-state index contributed by atoms with van der Waals surface area (Å²) in [5.41, 5.74) is 1.41. The summed E-state index contributed by atoms with van der Waals surface area (Å²) in [6.07, 6.45) is 4.89. The predicted octanol–water partition coefficient (Wildman–Crippen LogP) is 1.46. The number of carbonyl (C=O) groups is 1. The number of carbonyl (C=O) groups excluding carboxylic acids is 1. The maximum absolute atomic E-state index is 11.9. The van der Waals surface area contributed by atoms with Crippen LogP contribution in [-0.4, -0.2) is 26.1 Å². The highest BCUT2D eigenvalue weighted by atomic mass is 16.4. The first-order chi connectivity index (χ1) is 10.3. The van der Waals surface area contributed by atoms with E-state index in [0.717, 1.165) is 5.69 Å². The van der Waals surface area contributed by atoms with Crippen LogP contribution in [-0.2, 0) is 6.54 Å². The van der Waals surface area contributed by atoms with Gasteiger partial charge in [0.1, 0.15) is 0 Å². The summed E-state index contributed by atoms with van der Waals surface area (Å²) in [6, 6.07) is 9.00. The van der Waals surface area contributed by atoms with Crippen molar-refractivity contribution in [2.45, 2.75) is 6.54 Å². The van der Waals surface area contributed by atoms with Gasteiger partial charge in [-0.15, -0.1) is 10.2 Å². The minimum absolute atomic E-state index is 0.0928. The molecule has 0 aliphatic rings. The molecule has 1 N–H and O–H groups in total. The van der Waals surface area contributed by atoms with Crippen LogP contribution in [0, 0.1) is 0 Å². The molecule has 0 radical (unpaired) electrons. The van der Waals surface area contributed by atoms with E-state index < -0.39 is 5.91 Å². The molecule has 3 aromatic heterocycles. The lowest BCUT2D eigenvalue weighted by Crippen LogP contribution is -2.23. The number of nitrogens with zero attached hydrogens (tertiary/aromatic N) is 4. The molecule has 0 saturated heterocycles. The number of nitrogens with one attached hydrogen (secondary N) is 1. The number of pyridine rings is 2. The smallest absolute Gasteiger partial charge is 0.309 e. The number of rotatable bonds is 4. The fourth-order valence-corrected chi connectivity index (χ4v) is 1.67. The molecule has 0 atom stereocenters. The summed E-state index contributed by atoms with van der Waals surface area (Å²) in [5.74, 6) is -0.279. The summed E-state index contributed by atoms with van der Waals surface area (Å²) < 4.78 is 5.33. The molecular weight excluding hydrogens is 270 g/mol. The van der Waals surface area contributed by atoms with Crippen LogP contribution in [0.5, 0.6) is 0 Å². The lowest BCUT2D eigenvalue weighted by molar-refractivity contribution is 0.0916. The van der Waals surface area contributed by atoms with E-state index in [2.05, 4.69) is 25.5 Å². The molecule has 0 aliphatic carbocycles. The lowest BCUT2D eigenvalue weighted by Gasteiger charge is -2.00. The molecule has 0 saturated carbocycles. The highest BCUT2D eigenvalue weighted by Crippen LogP contribution is 2.15. The van der Waals surface area contributed by atoms with E-state index in [1.54, 1.807) is 30.7 Å². The largest absolute Gasteiger partial charge is 0.412 e. The van der Waals surface area contributed by atoms with E-state index in [4.69, 9.17) is 4.42 Å². The lowest BCUT2D eigenvalue weighted by atomic mass is 10.3. The molecule has 21 heavy (non-hydrogen) atoms. The highest BCUT2D eigenvalue weighted by molar-refractivity contribution is 5.89. The van der Waals surface area contributed by atoms with Crippen molar-refractivity contribution in [3.63, 3.8) is 0 Å². The summed E-state index contributed by atoms with van der Waals surface area (Å²) >= 11 is 0. The van der Waals surface area contributed by atoms with Gasteiger partial charge in [-0.25, -0.2) is 0 Å². The van der Waals surface area contributed by atoms with Crippen molar-refractivity contribution in [1.82, 2.24) is 25.5 Å². The molecule has 3 rings (SSSR count). The van der Waals surface area contributed by atoms with Crippen molar-refractivity contribution in [1.29, 1.82) is 0 Å². The number of aromatic nitrogens is 4. The topological polar surface area (TPSA) is 93.8 Å². The Labute approximate surface area is 120 Å². The normalized spacial score (nSPS) is 10.3. The molecule has 104 valence electrons. The third-order valence-electron chi connectivity index (χ3n) is 2.68. The molecule has 0 aliphatic heterocycles. The Morgan fingerprint density at radius 3 is 2.86 bits per heavy atom. The second-order valence-electron chi connectivity index (χ2n) is 4.16. The highest BCUT2D eigenvalue weighted by Gasteiger charge is 2.15. The fourth-order valence-electron chi connectivity index (χ4n) is 1.67. The second-order valence-corrected chi connectivity index (χ2v) is 4.16. The van der Waals surface area contributed by atoms with Crippen LogP contribution in [0.4, 0.5) is 0 Å². The van der Waals surface area contributed by atoms with Gasteiger partial charge in [0.2, 0.25) is 5.89 Å². The van der Waals surface area contributed by atoms with Gasteiger partial charge in [0.25, 0.3) is 0 Å². The van der Waals surface area contributed by atoms with Crippen molar-refractivity contribution < 1.29 is 9.21 Å². The molecule has 0 fully saturated rings. The average Bonchev–Trinajstić information content (AvgIpc) is 3.04. The Morgan fingerprint density at radius 1 is 1.14 bits per heavy atom. The summed E-state index contributed by atoms with van der Waals surface area (Å²) in [6.45, 7) is 0.296. The molecule has 7 heteroatoms. The van der Waals surface area contributed by atoms with Crippen molar-refractivity contribution >= 4 is 5.91 Å². The van der Waals surface area contributed by atoms with Gasteiger partial charge in [-0.1, -0.05) is 6.07 Å². The summed E-state index contributed by atoms with van der Waals surface area (Å²) in [4.78, 5) is 20.0. The van der Waals surface area contributed by atoms with Gasteiger partial charge in [-0.2, -0.15) is 0 Å². The molecule has 0 aromatic carbocycles. The zero-order valence-corrected chi connectivity index (χ0v) is 10.9. The zero-order chi connectivity index (χ0) is 14.5. The third kappa shape index (κ3) is 3.08.